The average Bonchev–Trinajstić information content (AvgIpc) is 2.92. The molecule has 0 atom stereocenters. The predicted octanol–water partition coefficient (Wildman–Crippen LogP) is 5.59. The van der Waals surface area contributed by atoms with Crippen molar-refractivity contribution in [1.29, 1.82) is 0 Å². The molecule has 0 fully saturated rings. The second kappa shape index (κ2) is 5.42. The highest BCUT2D eigenvalue weighted by Crippen LogP contribution is 2.34. The first kappa shape index (κ1) is 14.0. The van der Waals surface area contributed by atoms with Crippen LogP contribution in [0.4, 0.5) is 0 Å². The summed E-state index contributed by atoms with van der Waals surface area (Å²) in [7, 11) is 0. The second-order valence-corrected chi connectivity index (χ2v) is 6.13. The van der Waals surface area contributed by atoms with Crippen molar-refractivity contribution in [3.8, 4) is 11.1 Å². The monoisotopic (exact) mass is 295 g/mol. The number of hydrogen-bond acceptors (Lipinski definition) is 0. The smallest absolute Gasteiger partial charge is 0.0661 e. The van der Waals surface area contributed by atoms with Crippen LogP contribution in [0.15, 0.2) is 73.1 Å². The predicted molar refractivity (Wildman–Crippen MR) is 89.7 cm³/mol. The van der Waals surface area contributed by atoms with Crippen molar-refractivity contribution < 1.29 is 0 Å². The maximum absolute atomic E-state index is 6.45. The van der Waals surface area contributed by atoms with Crippen molar-refractivity contribution in [2.75, 3.05) is 0 Å². The van der Waals surface area contributed by atoms with Crippen LogP contribution >= 0.6 is 11.6 Å². The number of halogens is 1. The molecule has 0 aliphatic carbocycles. The fraction of sp³-hybridized carbons (Fsp3) is 0.158. The van der Waals surface area contributed by atoms with Gasteiger partial charge in [0.15, 0.2) is 0 Å². The van der Waals surface area contributed by atoms with E-state index in [0.717, 1.165) is 16.1 Å². The molecule has 21 heavy (non-hydrogen) atoms. The van der Waals surface area contributed by atoms with Crippen LogP contribution in [0.5, 0.6) is 0 Å². The molecule has 0 saturated carbocycles. The first-order valence-electron chi connectivity index (χ1n) is 7.08. The molecule has 0 spiro atoms. The largest absolute Gasteiger partial charge is 0.343 e. The first-order valence-corrected chi connectivity index (χ1v) is 7.46. The molecule has 0 aliphatic heterocycles. The van der Waals surface area contributed by atoms with E-state index in [2.05, 4.69) is 61.0 Å². The number of benzene rings is 2. The Hall–Kier alpha value is -1.99. The fourth-order valence-corrected chi connectivity index (χ4v) is 2.84. The van der Waals surface area contributed by atoms with E-state index >= 15 is 0 Å². The van der Waals surface area contributed by atoms with Crippen molar-refractivity contribution in [2.24, 2.45) is 0 Å². The molecule has 0 amide bonds. The van der Waals surface area contributed by atoms with Gasteiger partial charge in [0.05, 0.1) is 10.6 Å². The molecule has 0 aliphatic rings. The van der Waals surface area contributed by atoms with Gasteiger partial charge >= 0.3 is 0 Å². The zero-order chi connectivity index (χ0) is 14.9. The molecule has 0 N–H and O–H groups in total. The molecule has 106 valence electrons. The lowest BCUT2D eigenvalue weighted by Crippen LogP contribution is -2.26. The Kier molecular flexibility index (Phi) is 3.60. The van der Waals surface area contributed by atoms with E-state index < -0.39 is 0 Å². The first-order chi connectivity index (χ1) is 10.1. The molecular weight excluding hydrogens is 278 g/mol. The molecule has 0 unspecified atom stereocenters. The van der Waals surface area contributed by atoms with Crippen LogP contribution in [0.2, 0.25) is 5.02 Å². The topological polar surface area (TPSA) is 4.93 Å². The van der Waals surface area contributed by atoms with Gasteiger partial charge < -0.3 is 4.57 Å². The normalized spacial score (nSPS) is 11.6. The van der Waals surface area contributed by atoms with Gasteiger partial charge in [0.2, 0.25) is 0 Å². The summed E-state index contributed by atoms with van der Waals surface area (Å²) in [5, 5.41) is 0.783. The van der Waals surface area contributed by atoms with Crippen molar-refractivity contribution in [3.63, 3.8) is 0 Å². The molecule has 3 rings (SSSR count). The van der Waals surface area contributed by atoms with Gasteiger partial charge in [0.1, 0.15) is 0 Å². The van der Waals surface area contributed by atoms with Gasteiger partial charge in [0, 0.05) is 18.0 Å². The van der Waals surface area contributed by atoms with Crippen LogP contribution < -0.4 is 0 Å². The van der Waals surface area contributed by atoms with E-state index in [1.807, 2.05) is 30.5 Å². The van der Waals surface area contributed by atoms with Gasteiger partial charge in [-0.25, -0.2) is 0 Å². The molecule has 1 nitrogen and oxygen atoms in total. The molecule has 1 heterocycles. The quantitative estimate of drug-likeness (QED) is 0.593. The summed E-state index contributed by atoms with van der Waals surface area (Å²) in [6, 6.07) is 20.7. The van der Waals surface area contributed by atoms with Crippen LogP contribution in [0.3, 0.4) is 0 Å². The second-order valence-electron chi connectivity index (χ2n) is 5.72. The molecule has 0 radical (unpaired) electrons. The fourth-order valence-electron chi connectivity index (χ4n) is 2.58. The third kappa shape index (κ3) is 2.62. The van der Waals surface area contributed by atoms with Crippen LogP contribution in [-0.4, -0.2) is 4.57 Å². The summed E-state index contributed by atoms with van der Waals surface area (Å²) < 4.78 is 2.19. The van der Waals surface area contributed by atoms with Crippen molar-refractivity contribution in [2.45, 2.75) is 19.4 Å². The molecule has 2 heteroatoms. The average molecular weight is 296 g/mol. The van der Waals surface area contributed by atoms with Crippen LogP contribution in [0, 0.1) is 0 Å². The van der Waals surface area contributed by atoms with Gasteiger partial charge in [0.25, 0.3) is 0 Å². The minimum absolute atomic E-state index is 0.141. The van der Waals surface area contributed by atoms with Crippen LogP contribution in [0.1, 0.15) is 19.4 Å². The van der Waals surface area contributed by atoms with Crippen molar-refractivity contribution >= 4 is 11.6 Å². The van der Waals surface area contributed by atoms with Crippen LogP contribution in [-0.2, 0) is 5.54 Å². The molecule has 3 aromatic rings. The summed E-state index contributed by atoms with van der Waals surface area (Å²) >= 11 is 6.45. The molecular formula is C19H18ClN. The molecule has 1 aromatic heterocycles. The molecule has 2 aromatic carbocycles. The lowest BCUT2D eigenvalue weighted by Gasteiger charge is -2.27. The van der Waals surface area contributed by atoms with Crippen molar-refractivity contribution in [3.05, 3.63) is 83.6 Å². The zero-order valence-electron chi connectivity index (χ0n) is 12.3. The summed E-state index contributed by atoms with van der Waals surface area (Å²) in [5.41, 5.74) is 3.33. The zero-order valence-corrected chi connectivity index (χ0v) is 13.0. The van der Waals surface area contributed by atoms with E-state index in [9.17, 15) is 0 Å². The lowest BCUT2D eigenvalue weighted by atomic mass is 9.94. The third-order valence-electron chi connectivity index (χ3n) is 3.99. The lowest BCUT2D eigenvalue weighted by molar-refractivity contribution is 0.438. The Labute approximate surface area is 130 Å². The van der Waals surface area contributed by atoms with E-state index in [1.165, 1.54) is 5.56 Å². The Morgan fingerprint density at radius 3 is 2.00 bits per heavy atom. The number of aromatic nitrogens is 1. The summed E-state index contributed by atoms with van der Waals surface area (Å²) in [6.07, 6.45) is 4.14. The molecule has 0 bridgehead atoms. The highest BCUT2D eigenvalue weighted by Gasteiger charge is 2.23. The molecule has 0 saturated heterocycles. The van der Waals surface area contributed by atoms with Crippen LogP contribution in [0.25, 0.3) is 11.1 Å². The SMILES string of the molecule is CC(C)(c1ccccc1)n1cc(Cl)c(-c2ccccc2)c1. The Balaban J connectivity index is 2.05. The summed E-state index contributed by atoms with van der Waals surface area (Å²) in [5.74, 6) is 0. The number of rotatable bonds is 3. The summed E-state index contributed by atoms with van der Waals surface area (Å²) in [6.45, 7) is 4.40. The van der Waals surface area contributed by atoms with Gasteiger partial charge in [-0.3, -0.25) is 0 Å². The minimum atomic E-state index is -0.141. The minimum Gasteiger partial charge on any atom is -0.343 e. The number of hydrogen-bond donors (Lipinski definition) is 0. The third-order valence-corrected chi connectivity index (χ3v) is 4.29. The van der Waals surface area contributed by atoms with E-state index in [-0.39, 0.29) is 5.54 Å². The van der Waals surface area contributed by atoms with Gasteiger partial charge in [-0.15, -0.1) is 0 Å². The summed E-state index contributed by atoms with van der Waals surface area (Å²) in [4.78, 5) is 0. The van der Waals surface area contributed by atoms with E-state index in [4.69, 9.17) is 11.6 Å². The van der Waals surface area contributed by atoms with E-state index in [0.29, 0.717) is 0 Å². The van der Waals surface area contributed by atoms with Gasteiger partial charge in [-0.2, -0.15) is 0 Å². The maximum Gasteiger partial charge on any atom is 0.0661 e. The van der Waals surface area contributed by atoms with Gasteiger partial charge in [-0.1, -0.05) is 72.3 Å². The van der Waals surface area contributed by atoms with Gasteiger partial charge in [-0.05, 0) is 25.0 Å². The highest BCUT2D eigenvalue weighted by atomic mass is 35.5. The number of nitrogens with zero attached hydrogens (tertiary/aromatic N) is 1. The Morgan fingerprint density at radius 2 is 1.38 bits per heavy atom. The Morgan fingerprint density at radius 1 is 0.810 bits per heavy atom. The highest BCUT2D eigenvalue weighted by molar-refractivity contribution is 6.33. The Bertz CT molecular complexity index is 727. The maximum atomic E-state index is 6.45. The van der Waals surface area contributed by atoms with E-state index in [1.54, 1.807) is 0 Å². The van der Waals surface area contributed by atoms with Crippen molar-refractivity contribution in [1.82, 2.24) is 4.57 Å². The standard InChI is InChI=1S/C19H18ClN/c1-19(2,16-11-7-4-8-12-16)21-13-17(18(20)14-21)15-9-5-3-6-10-15/h3-14H,1-2H3.